The number of nitriles is 1. The standard InChI is InChI=1S/C35H46N5O11P/c1-20(2)31(41)45-19-47-52(44,51-24-12-10-23(11-13-24)34(7,8)9)46-16-26-28(48-32(42)21(3)4)29(49-33(43)22(5)6)35(17-36,50-26)27-15-14-25-30(37)38-18-39-40(25)27/h10-15,18,20-22,26,28-29H,16,19H2,1-9H3,(H2,37,38,39)/t26-,28-,29-,35+,52-/m1/s1. The second-order valence-electron chi connectivity index (χ2n) is 14.2. The predicted octanol–water partition coefficient (Wildman–Crippen LogP) is 5.24. The number of nitrogens with zero attached hydrogens (tertiary/aromatic N) is 4. The van der Waals surface area contributed by atoms with Crippen LogP contribution in [0.2, 0.25) is 0 Å². The van der Waals surface area contributed by atoms with E-state index in [0.29, 0.717) is 5.52 Å². The molecule has 1 fully saturated rings. The topological polar surface area (TPSA) is 213 Å². The van der Waals surface area contributed by atoms with Gasteiger partial charge in [0.15, 0.2) is 18.0 Å². The number of aromatic nitrogens is 3. The molecule has 0 bridgehead atoms. The molecule has 0 aliphatic carbocycles. The fraction of sp³-hybridized carbons (Fsp3) is 0.543. The van der Waals surface area contributed by atoms with Crippen molar-refractivity contribution in [1.29, 1.82) is 5.26 Å². The van der Waals surface area contributed by atoms with Gasteiger partial charge in [0.25, 0.3) is 0 Å². The number of phosphoric acid groups is 1. The van der Waals surface area contributed by atoms with Gasteiger partial charge in [-0.25, -0.2) is 18.6 Å². The average molecular weight is 744 g/mol. The first-order valence-corrected chi connectivity index (χ1v) is 18.2. The molecule has 17 heteroatoms. The summed E-state index contributed by atoms with van der Waals surface area (Å²) in [5.41, 5.74) is 5.07. The van der Waals surface area contributed by atoms with Gasteiger partial charge in [-0.2, -0.15) is 10.4 Å². The third-order valence-electron chi connectivity index (χ3n) is 8.09. The molecule has 1 aliphatic rings. The number of fused-ring (bicyclic) bond motifs is 1. The van der Waals surface area contributed by atoms with Crippen molar-refractivity contribution >= 4 is 37.1 Å². The Bertz CT molecular complexity index is 1850. The van der Waals surface area contributed by atoms with Gasteiger partial charge in [-0.15, -0.1) is 0 Å². The molecule has 3 heterocycles. The van der Waals surface area contributed by atoms with Crippen LogP contribution < -0.4 is 10.3 Å². The van der Waals surface area contributed by atoms with Crippen molar-refractivity contribution < 1.29 is 51.5 Å². The van der Waals surface area contributed by atoms with Crippen molar-refractivity contribution in [2.45, 2.75) is 91.6 Å². The summed E-state index contributed by atoms with van der Waals surface area (Å²) in [6.07, 6.45) is -3.32. The Labute approximate surface area is 302 Å². The Morgan fingerprint density at radius 2 is 1.58 bits per heavy atom. The lowest BCUT2D eigenvalue weighted by Crippen LogP contribution is -2.47. The smallest absolute Gasteiger partial charge is 0.455 e. The fourth-order valence-electron chi connectivity index (χ4n) is 5.05. The summed E-state index contributed by atoms with van der Waals surface area (Å²) in [5.74, 6) is -3.67. The number of ether oxygens (including phenoxy) is 4. The number of phosphoric ester groups is 1. The summed E-state index contributed by atoms with van der Waals surface area (Å²) < 4.78 is 55.7. The number of esters is 3. The maximum Gasteiger partial charge on any atom is 0.533 e. The molecule has 0 spiro atoms. The van der Waals surface area contributed by atoms with Crippen LogP contribution in [-0.4, -0.2) is 64.2 Å². The third kappa shape index (κ3) is 8.90. The molecule has 2 N–H and O–H groups in total. The van der Waals surface area contributed by atoms with Gasteiger partial charge in [-0.05, 0) is 35.2 Å². The molecule has 52 heavy (non-hydrogen) atoms. The largest absolute Gasteiger partial charge is 0.533 e. The molecular weight excluding hydrogens is 697 g/mol. The van der Waals surface area contributed by atoms with E-state index >= 15 is 0 Å². The molecule has 0 unspecified atom stereocenters. The Balaban J connectivity index is 1.76. The van der Waals surface area contributed by atoms with Crippen LogP contribution in [0.15, 0.2) is 42.7 Å². The number of anilines is 1. The number of rotatable bonds is 14. The molecule has 0 saturated carbocycles. The summed E-state index contributed by atoms with van der Waals surface area (Å²) in [5, 5.41) is 15.1. The zero-order valence-electron chi connectivity index (χ0n) is 30.7. The predicted molar refractivity (Wildman–Crippen MR) is 185 cm³/mol. The van der Waals surface area contributed by atoms with Crippen LogP contribution in [0.25, 0.3) is 5.52 Å². The van der Waals surface area contributed by atoms with Crippen molar-refractivity contribution in [2.24, 2.45) is 17.8 Å². The van der Waals surface area contributed by atoms with Crippen LogP contribution in [0.4, 0.5) is 5.82 Å². The van der Waals surface area contributed by atoms with Crippen LogP contribution in [0, 0.1) is 29.1 Å². The maximum atomic E-state index is 14.2. The van der Waals surface area contributed by atoms with Gasteiger partial charge in [-0.1, -0.05) is 74.4 Å². The maximum absolute atomic E-state index is 14.2. The van der Waals surface area contributed by atoms with Crippen molar-refractivity contribution in [3.63, 3.8) is 0 Å². The first-order valence-electron chi connectivity index (χ1n) is 16.8. The zero-order chi connectivity index (χ0) is 38.6. The normalized spacial score (nSPS) is 21.6. The van der Waals surface area contributed by atoms with Gasteiger partial charge in [0.1, 0.15) is 29.8 Å². The van der Waals surface area contributed by atoms with Crippen molar-refractivity contribution in [3.05, 3.63) is 54.0 Å². The third-order valence-corrected chi connectivity index (χ3v) is 9.41. The van der Waals surface area contributed by atoms with E-state index in [1.165, 1.54) is 16.9 Å². The SMILES string of the molecule is CC(C)C(=O)OCO[P@@](=O)(OC[C@H]1O[C@@](C#N)(c2ccc3c(N)ncnn23)[C@H](OC(=O)C(C)C)[C@@H]1OC(=O)C(C)C)Oc1ccc(C(C)(C)C)cc1. The van der Waals surface area contributed by atoms with Crippen molar-refractivity contribution in [1.82, 2.24) is 14.6 Å². The fourth-order valence-corrected chi connectivity index (χ4v) is 6.12. The second-order valence-corrected chi connectivity index (χ2v) is 15.8. The number of hydrogen-bond donors (Lipinski definition) is 1. The number of carbonyl (C=O) groups is 3. The minimum absolute atomic E-state index is 0.0731. The highest BCUT2D eigenvalue weighted by Crippen LogP contribution is 2.52. The Hall–Kier alpha value is -4.55. The molecule has 1 aromatic carbocycles. The van der Waals surface area contributed by atoms with Gasteiger partial charge < -0.3 is 29.2 Å². The van der Waals surface area contributed by atoms with Crippen molar-refractivity contribution in [2.75, 3.05) is 19.1 Å². The van der Waals surface area contributed by atoms with Crippen LogP contribution in [0.5, 0.6) is 5.75 Å². The van der Waals surface area contributed by atoms with E-state index in [4.69, 9.17) is 38.3 Å². The summed E-state index contributed by atoms with van der Waals surface area (Å²) in [4.78, 5) is 42.4. The van der Waals surface area contributed by atoms with E-state index in [2.05, 4.69) is 16.2 Å². The highest BCUT2D eigenvalue weighted by atomic mass is 31.2. The number of carbonyl (C=O) groups excluding carboxylic acids is 3. The monoisotopic (exact) mass is 743 g/mol. The molecule has 3 aromatic rings. The highest BCUT2D eigenvalue weighted by Gasteiger charge is 2.63. The van der Waals surface area contributed by atoms with Crippen molar-refractivity contribution in [3.8, 4) is 11.8 Å². The van der Waals surface area contributed by atoms with Crippen LogP contribution in [-0.2, 0) is 58.0 Å². The molecule has 2 aromatic heterocycles. The molecule has 1 aliphatic heterocycles. The first-order chi connectivity index (χ1) is 24.3. The molecule has 4 rings (SSSR count). The summed E-state index contributed by atoms with van der Waals surface area (Å²) in [7, 11) is -4.67. The Morgan fingerprint density at radius 3 is 2.15 bits per heavy atom. The van der Waals surface area contributed by atoms with E-state index < -0.39 is 80.8 Å². The zero-order valence-corrected chi connectivity index (χ0v) is 31.6. The highest BCUT2D eigenvalue weighted by molar-refractivity contribution is 7.48. The van der Waals surface area contributed by atoms with E-state index in [1.807, 2.05) is 20.8 Å². The molecule has 0 radical (unpaired) electrons. The van der Waals surface area contributed by atoms with Gasteiger partial charge in [0.2, 0.25) is 12.4 Å². The lowest BCUT2D eigenvalue weighted by molar-refractivity contribution is -0.173. The summed E-state index contributed by atoms with van der Waals surface area (Å²) in [6, 6.07) is 11.9. The number of hydrogen-bond acceptors (Lipinski definition) is 15. The molecule has 0 amide bonds. The van der Waals surface area contributed by atoms with Gasteiger partial charge in [0.05, 0.1) is 30.1 Å². The molecule has 16 nitrogen and oxygen atoms in total. The van der Waals surface area contributed by atoms with Gasteiger partial charge in [0, 0.05) is 0 Å². The van der Waals surface area contributed by atoms with Gasteiger partial charge in [-0.3, -0.25) is 18.9 Å². The molecule has 5 atom stereocenters. The molecule has 1 saturated heterocycles. The first kappa shape index (κ1) is 40.2. The number of nitrogen functional groups attached to an aromatic ring is 1. The second kappa shape index (κ2) is 16.0. The Kier molecular flexibility index (Phi) is 12.4. The average Bonchev–Trinajstić information content (AvgIpc) is 3.64. The van der Waals surface area contributed by atoms with Crippen LogP contribution in [0.1, 0.15) is 73.6 Å². The summed E-state index contributed by atoms with van der Waals surface area (Å²) >= 11 is 0. The minimum atomic E-state index is -4.67. The van der Waals surface area contributed by atoms with E-state index in [9.17, 15) is 24.2 Å². The van der Waals surface area contributed by atoms with Crippen LogP contribution in [0.3, 0.4) is 0 Å². The number of benzene rings is 1. The summed E-state index contributed by atoms with van der Waals surface area (Å²) in [6.45, 7) is 14.2. The number of nitrogens with two attached hydrogens (primary N) is 1. The van der Waals surface area contributed by atoms with Crippen LogP contribution >= 0.6 is 7.82 Å². The molecular formula is C35H46N5O11P. The van der Waals surface area contributed by atoms with E-state index in [1.54, 1.807) is 71.9 Å². The van der Waals surface area contributed by atoms with E-state index in [-0.39, 0.29) is 22.7 Å². The van der Waals surface area contributed by atoms with Gasteiger partial charge >= 0.3 is 25.7 Å². The lowest BCUT2D eigenvalue weighted by atomic mass is 9.87. The Morgan fingerprint density at radius 1 is 0.962 bits per heavy atom. The lowest BCUT2D eigenvalue weighted by Gasteiger charge is -2.29. The van der Waals surface area contributed by atoms with E-state index in [0.717, 1.165) is 5.56 Å². The quantitative estimate of drug-likeness (QED) is 0.0968. The minimum Gasteiger partial charge on any atom is -0.455 e. The molecule has 282 valence electrons.